The van der Waals surface area contributed by atoms with Gasteiger partial charge in [-0.05, 0) is 79.5 Å². The number of alkyl halides is 3. The number of benzene rings is 2. The van der Waals surface area contributed by atoms with E-state index in [0.717, 1.165) is 24.8 Å². The number of nitrogens with one attached hydrogen (secondary N) is 1. The number of carboxylic acid groups (broad SMARTS) is 1. The molecule has 1 aliphatic carbocycles. The van der Waals surface area contributed by atoms with Crippen LogP contribution in [0.3, 0.4) is 0 Å². The summed E-state index contributed by atoms with van der Waals surface area (Å²) in [6, 6.07) is 9.02. The molecule has 34 heavy (non-hydrogen) atoms. The molecule has 1 heterocycles. The number of carboxylic acids is 1. The van der Waals surface area contributed by atoms with E-state index in [0.29, 0.717) is 28.6 Å². The number of imidazole rings is 1. The molecular formula is C25H28F3N3O3. The van der Waals surface area contributed by atoms with E-state index in [9.17, 15) is 23.1 Å². The number of rotatable bonds is 5. The summed E-state index contributed by atoms with van der Waals surface area (Å²) in [6.07, 6.45) is -1.77. The van der Waals surface area contributed by atoms with Crippen LogP contribution in [0.4, 0.5) is 24.8 Å². The van der Waals surface area contributed by atoms with Crippen molar-refractivity contribution in [3.8, 4) is 5.75 Å². The average molecular weight is 476 g/mol. The van der Waals surface area contributed by atoms with Crippen LogP contribution < -0.4 is 10.1 Å². The van der Waals surface area contributed by atoms with Gasteiger partial charge in [0.1, 0.15) is 5.75 Å². The number of nitrogens with zero attached hydrogens (tertiary/aromatic N) is 2. The summed E-state index contributed by atoms with van der Waals surface area (Å²) in [6.45, 7) is 8.48. The summed E-state index contributed by atoms with van der Waals surface area (Å²) in [5.74, 6) is -0.305. The minimum Gasteiger partial charge on any atom is -0.478 e. The van der Waals surface area contributed by atoms with Gasteiger partial charge in [0.05, 0.1) is 16.6 Å². The van der Waals surface area contributed by atoms with Crippen LogP contribution in [0.1, 0.15) is 62.0 Å². The Hall–Kier alpha value is -3.23. The Morgan fingerprint density at radius 3 is 2.47 bits per heavy atom. The van der Waals surface area contributed by atoms with Gasteiger partial charge in [-0.3, -0.25) is 0 Å². The van der Waals surface area contributed by atoms with Crippen molar-refractivity contribution in [2.24, 2.45) is 11.3 Å². The summed E-state index contributed by atoms with van der Waals surface area (Å²) in [5, 5.41) is 12.8. The van der Waals surface area contributed by atoms with Gasteiger partial charge in [0.2, 0.25) is 5.95 Å². The Morgan fingerprint density at radius 2 is 1.88 bits per heavy atom. The van der Waals surface area contributed by atoms with Gasteiger partial charge in [0, 0.05) is 11.7 Å². The number of hydrogen-bond donors (Lipinski definition) is 2. The topological polar surface area (TPSA) is 76.4 Å². The Morgan fingerprint density at radius 1 is 1.21 bits per heavy atom. The molecule has 2 N–H and O–H groups in total. The van der Waals surface area contributed by atoms with Crippen molar-refractivity contribution in [1.29, 1.82) is 0 Å². The van der Waals surface area contributed by atoms with E-state index < -0.39 is 12.3 Å². The van der Waals surface area contributed by atoms with Crippen LogP contribution in [-0.4, -0.2) is 27.0 Å². The molecule has 0 amide bonds. The van der Waals surface area contributed by atoms with Gasteiger partial charge < -0.3 is 19.7 Å². The molecule has 3 aromatic rings. The van der Waals surface area contributed by atoms with Crippen LogP contribution in [0.15, 0.2) is 36.4 Å². The van der Waals surface area contributed by atoms with Crippen LogP contribution in [0.2, 0.25) is 0 Å². The monoisotopic (exact) mass is 475 g/mol. The zero-order valence-electron chi connectivity index (χ0n) is 19.5. The largest absolute Gasteiger partial charge is 0.573 e. The first kappa shape index (κ1) is 23.9. The highest BCUT2D eigenvalue weighted by molar-refractivity contribution is 5.95. The standard InChI is InChI=1S/C25H28F3N3O3/c1-14-9-17(13-24(3,4)12-14)31-21-10-15(2)19(22(32)33)11-20(21)30-23(31)29-16-5-7-18(8-6-16)34-25(26,27)28/h5-8,10-11,14,17H,9,12-13H2,1-4H3,(H,29,30)(H,32,33)/t14-,17?/m0/s1. The fourth-order valence-electron chi connectivity index (χ4n) is 5.30. The molecule has 0 radical (unpaired) electrons. The number of aromatic carboxylic acids is 1. The lowest BCUT2D eigenvalue weighted by atomic mass is 9.70. The van der Waals surface area contributed by atoms with Crippen molar-refractivity contribution < 1.29 is 27.8 Å². The molecule has 0 spiro atoms. The fraction of sp³-hybridized carbons (Fsp3) is 0.440. The van der Waals surface area contributed by atoms with Crippen molar-refractivity contribution in [1.82, 2.24) is 9.55 Å². The van der Waals surface area contributed by atoms with Gasteiger partial charge in [-0.25, -0.2) is 9.78 Å². The van der Waals surface area contributed by atoms with Crippen molar-refractivity contribution >= 4 is 28.6 Å². The molecule has 6 nitrogen and oxygen atoms in total. The quantitative estimate of drug-likeness (QED) is 0.413. The van der Waals surface area contributed by atoms with Crippen molar-refractivity contribution in [3.05, 3.63) is 47.5 Å². The number of carbonyl (C=O) groups is 1. The highest BCUT2D eigenvalue weighted by Gasteiger charge is 2.35. The molecule has 1 fully saturated rings. The Balaban J connectivity index is 1.77. The number of aromatic nitrogens is 2. The molecular weight excluding hydrogens is 447 g/mol. The van der Waals surface area contributed by atoms with Gasteiger partial charge in [0.15, 0.2) is 0 Å². The lowest BCUT2D eigenvalue weighted by Crippen LogP contribution is -2.29. The Bertz CT molecular complexity index is 1220. The number of anilines is 2. The molecule has 0 bridgehead atoms. The summed E-state index contributed by atoms with van der Waals surface area (Å²) in [4.78, 5) is 16.4. The zero-order chi connectivity index (χ0) is 24.8. The summed E-state index contributed by atoms with van der Waals surface area (Å²) < 4.78 is 43.5. The maximum Gasteiger partial charge on any atom is 0.573 e. The van der Waals surface area contributed by atoms with Crippen LogP contribution >= 0.6 is 0 Å². The van der Waals surface area contributed by atoms with Gasteiger partial charge >= 0.3 is 12.3 Å². The normalized spacial score (nSPS) is 20.3. The first-order valence-electron chi connectivity index (χ1n) is 11.2. The SMILES string of the molecule is Cc1cc2c(cc1C(=O)O)nc(Nc1ccc(OC(F)(F)F)cc1)n2C1C[C@H](C)CC(C)(C)C1. The molecule has 1 unspecified atom stereocenters. The molecule has 0 saturated heterocycles. The third kappa shape index (κ3) is 5.13. The molecule has 1 saturated carbocycles. The van der Waals surface area contributed by atoms with Gasteiger partial charge in [-0.1, -0.05) is 20.8 Å². The van der Waals surface area contributed by atoms with E-state index in [1.165, 1.54) is 24.3 Å². The number of hydrogen-bond acceptors (Lipinski definition) is 4. The van der Waals surface area contributed by atoms with Crippen LogP contribution in [0.25, 0.3) is 11.0 Å². The van der Waals surface area contributed by atoms with E-state index in [2.05, 4.69) is 35.4 Å². The predicted molar refractivity (Wildman–Crippen MR) is 124 cm³/mol. The molecule has 1 aromatic heterocycles. The van der Waals surface area contributed by atoms with E-state index in [-0.39, 0.29) is 22.8 Å². The van der Waals surface area contributed by atoms with Crippen LogP contribution in [0.5, 0.6) is 5.75 Å². The second-order valence-electron chi connectivity index (χ2n) is 10.0. The highest BCUT2D eigenvalue weighted by atomic mass is 19.4. The van der Waals surface area contributed by atoms with Crippen molar-refractivity contribution in [3.63, 3.8) is 0 Å². The molecule has 9 heteroatoms. The van der Waals surface area contributed by atoms with Gasteiger partial charge in [-0.15, -0.1) is 13.2 Å². The third-order valence-electron chi connectivity index (χ3n) is 6.34. The first-order valence-corrected chi connectivity index (χ1v) is 11.2. The van der Waals surface area contributed by atoms with Gasteiger partial charge in [-0.2, -0.15) is 0 Å². The fourth-order valence-corrected chi connectivity index (χ4v) is 5.30. The van der Waals surface area contributed by atoms with E-state index in [4.69, 9.17) is 4.98 Å². The molecule has 0 aliphatic heterocycles. The minimum atomic E-state index is -4.76. The van der Waals surface area contributed by atoms with E-state index in [1.54, 1.807) is 13.0 Å². The third-order valence-corrected chi connectivity index (χ3v) is 6.34. The molecule has 4 rings (SSSR count). The first-order chi connectivity index (χ1) is 15.8. The smallest absolute Gasteiger partial charge is 0.478 e. The number of halogens is 3. The number of aryl methyl sites for hydroxylation is 1. The van der Waals surface area contributed by atoms with E-state index >= 15 is 0 Å². The summed E-state index contributed by atoms with van der Waals surface area (Å²) in [7, 11) is 0. The van der Waals surface area contributed by atoms with E-state index in [1.807, 2.05) is 6.07 Å². The second kappa shape index (κ2) is 8.52. The van der Waals surface area contributed by atoms with Crippen molar-refractivity contribution in [2.75, 3.05) is 5.32 Å². The lowest BCUT2D eigenvalue weighted by Gasteiger charge is -2.40. The molecule has 2 atom stereocenters. The Labute approximate surface area is 195 Å². The summed E-state index contributed by atoms with van der Waals surface area (Å²) in [5.41, 5.74) is 2.89. The lowest BCUT2D eigenvalue weighted by molar-refractivity contribution is -0.274. The highest BCUT2D eigenvalue weighted by Crippen LogP contribution is 2.46. The van der Waals surface area contributed by atoms with Gasteiger partial charge in [0.25, 0.3) is 0 Å². The molecule has 182 valence electrons. The van der Waals surface area contributed by atoms with Crippen LogP contribution in [-0.2, 0) is 0 Å². The Kier molecular flexibility index (Phi) is 5.99. The maximum absolute atomic E-state index is 12.5. The number of ether oxygens (including phenoxy) is 1. The number of fused-ring (bicyclic) bond motifs is 1. The molecule has 2 aromatic carbocycles. The average Bonchev–Trinajstić information content (AvgIpc) is 3.02. The van der Waals surface area contributed by atoms with Crippen molar-refractivity contribution in [2.45, 2.75) is 59.4 Å². The minimum absolute atomic E-state index is 0.128. The molecule has 1 aliphatic rings. The summed E-state index contributed by atoms with van der Waals surface area (Å²) >= 11 is 0. The predicted octanol–water partition coefficient (Wildman–Crippen LogP) is 7.07. The second-order valence-corrected chi connectivity index (χ2v) is 10.0. The zero-order valence-corrected chi connectivity index (χ0v) is 19.5. The maximum atomic E-state index is 12.5. The van der Waals surface area contributed by atoms with Crippen LogP contribution in [0, 0.1) is 18.3 Å².